The summed E-state index contributed by atoms with van der Waals surface area (Å²) in [5.41, 5.74) is 0.137. The molecule has 0 bridgehead atoms. The fourth-order valence-corrected chi connectivity index (χ4v) is 3.34. The molecule has 0 spiro atoms. The number of benzene rings is 1. The number of halogens is 2. The summed E-state index contributed by atoms with van der Waals surface area (Å²) >= 11 is 1.13. The third-order valence-electron chi connectivity index (χ3n) is 3.55. The number of fused-ring (bicyclic) bond motifs is 1. The third kappa shape index (κ3) is 2.97. The molecule has 1 amide bonds. The highest BCUT2D eigenvalue weighted by Crippen LogP contribution is 2.31. The summed E-state index contributed by atoms with van der Waals surface area (Å²) in [6.07, 6.45) is 1.38. The summed E-state index contributed by atoms with van der Waals surface area (Å²) in [7, 11) is 0. The van der Waals surface area contributed by atoms with Crippen molar-refractivity contribution in [2.24, 2.45) is 0 Å². The van der Waals surface area contributed by atoms with Gasteiger partial charge >= 0.3 is 0 Å². The highest BCUT2D eigenvalue weighted by Gasteiger charge is 2.23. The standard InChI is InChI=1S/C14H14F2N2O2S/c1-8(19)18-4-2-10(3-5-18)20-14-17-13-11(16)6-9(15)7-12(13)21-14/h6-7,10H,2-5H2,1H3. The zero-order chi connectivity index (χ0) is 15.0. The first-order valence-electron chi connectivity index (χ1n) is 6.70. The van der Waals surface area contributed by atoms with Crippen molar-refractivity contribution in [1.82, 2.24) is 9.88 Å². The summed E-state index contributed by atoms with van der Waals surface area (Å²) in [5, 5.41) is 0.343. The molecule has 4 nitrogen and oxygen atoms in total. The molecule has 1 aromatic heterocycles. The van der Waals surface area contributed by atoms with E-state index >= 15 is 0 Å². The number of aromatic nitrogens is 1. The largest absolute Gasteiger partial charge is 0.467 e. The molecule has 1 aromatic carbocycles. The fraction of sp³-hybridized carbons (Fsp3) is 0.429. The van der Waals surface area contributed by atoms with Crippen molar-refractivity contribution >= 4 is 27.5 Å². The number of hydrogen-bond donors (Lipinski definition) is 0. The van der Waals surface area contributed by atoms with E-state index in [1.54, 1.807) is 11.8 Å². The molecule has 1 aliphatic rings. The Bertz CT molecular complexity index is 681. The fourth-order valence-electron chi connectivity index (χ4n) is 2.42. The molecule has 0 unspecified atom stereocenters. The molecule has 0 radical (unpaired) electrons. The number of rotatable bonds is 2. The van der Waals surface area contributed by atoms with Gasteiger partial charge in [-0.1, -0.05) is 11.3 Å². The van der Waals surface area contributed by atoms with Gasteiger partial charge < -0.3 is 9.64 Å². The first-order chi connectivity index (χ1) is 10.0. The van der Waals surface area contributed by atoms with Gasteiger partial charge in [-0.15, -0.1) is 0 Å². The monoisotopic (exact) mass is 312 g/mol. The molecule has 112 valence electrons. The van der Waals surface area contributed by atoms with Crippen LogP contribution >= 0.6 is 11.3 Å². The van der Waals surface area contributed by atoms with Crippen LogP contribution in [0.5, 0.6) is 5.19 Å². The second-order valence-electron chi connectivity index (χ2n) is 5.04. The molecule has 0 N–H and O–H groups in total. The molecular weight excluding hydrogens is 298 g/mol. The Morgan fingerprint density at radius 1 is 1.38 bits per heavy atom. The van der Waals surface area contributed by atoms with Crippen LogP contribution in [0.15, 0.2) is 12.1 Å². The van der Waals surface area contributed by atoms with Crippen LogP contribution in [0.1, 0.15) is 19.8 Å². The van der Waals surface area contributed by atoms with Crippen LogP contribution in [0.4, 0.5) is 8.78 Å². The van der Waals surface area contributed by atoms with E-state index in [2.05, 4.69) is 4.98 Å². The van der Waals surface area contributed by atoms with Crippen molar-refractivity contribution in [3.63, 3.8) is 0 Å². The number of ether oxygens (including phenoxy) is 1. The molecule has 1 saturated heterocycles. The Morgan fingerprint density at radius 3 is 2.76 bits per heavy atom. The van der Waals surface area contributed by atoms with Gasteiger partial charge in [-0.2, -0.15) is 4.98 Å². The van der Waals surface area contributed by atoms with E-state index in [0.29, 0.717) is 35.8 Å². The van der Waals surface area contributed by atoms with E-state index in [1.165, 1.54) is 6.07 Å². The molecular formula is C14H14F2N2O2S. The lowest BCUT2D eigenvalue weighted by atomic mass is 10.1. The van der Waals surface area contributed by atoms with Gasteiger partial charge in [0.2, 0.25) is 5.91 Å². The predicted octanol–water partition coefficient (Wildman–Crippen LogP) is 2.96. The van der Waals surface area contributed by atoms with E-state index in [4.69, 9.17) is 4.74 Å². The van der Waals surface area contributed by atoms with Crippen LogP contribution < -0.4 is 4.74 Å². The summed E-state index contributed by atoms with van der Waals surface area (Å²) < 4.78 is 32.9. The smallest absolute Gasteiger partial charge is 0.274 e. The van der Waals surface area contributed by atoms with Crippen LogP contribution in [-0.4, -0.2) is 35.0 Å². The maximum Gasteiger partial charge on any atom is 0.274 e. The summed E-state index contributed by atoms with van der Waals surface area (Å²) in [6, 6.07) is 2.07. The van der Waals surface area contributed by atoms with Crippen LogP contribution in [0.3, 0.4) is 0 Å². The van der Waals surface area contributed by atoms with Gasteiger partial charge in [0.05, 0.1) is 4.70 Å². The average Bonchev–Trinajstić information content (AvgIpc) is 2.82. The van der Waals surface area contributed by atoms with Gasteiger partial charge in [-0.25, -0.2) is 8.78 Å². The number of piperidine rings is 1. The van der Waals surface area contributed by atoms with Crippen LogP contribution in [-0.2, 0) is 4.79 Å². The molecule has 1 fully saturated rings. The first-order valence-corrected chi connectivity index (χ1v) is 7.52. The van der Waals surface area contributed by atoms with Crippen molar-refractivity contribution in [3.8, 4) is 5.19 Å². The maximum atomic E-state index is 13.6. The van der Waals surface area contributed by atoms with E-state index in [-0.39, 0.29) is 17.5 Å². The molecule has 2 heterocycles. The molecule has 21 heavy (non-hydrogen) atoms. The first kappa shape index (κ1) is 14.2. The topological polar surface area (TPSA) is 42.4 Å². The molecule has 7 heteroatoms. The van der Waals surface area contributed by atoms with Crippen molar-refractivity contribution in [2.75, 3.05) is 13.1 Å². The van der Waals surface area contributed by atoms with Gasteiger partial charge in [0.15, 0.2) is 5.82 Å². The van der Waals surface area contributed by atoms with Crippen molar-refractivity contribution in [2.45, 2.75) is 25.9 Å². The van der Waals surface area contributed by atoms with E-state index in [9.17, 15) is 13.6 Å². The van der Waals surface area contributed by atoms with E-state index < -0.39 is 11.6 Å². The number of carbonyl (C=O) groups excluding carboxylic acids is 1. The Balaban J connectivity index is 1.71. The van der Waals surface area contributed by atoms with Crippen molar-refractivity contribution in [1.29, 1.82) is 0 Å². The van der Waals surface area contributed by atoms with Crippen molar-refractivity contribution < 1.29 is 18.3 Å². The van der Waals surface area contributed by atoms with Crippen LogP contribution in [0.2, 0.25) is 0 Å². The number of nitrogens with zero attached hydrogens (tertiary/aromatic N) is 2. The Morgan fingerprint density at radius 2 is 2.10 bits per heavy atom. The lowest BCUT2D eigenvalue weighted by molar-refractivity contribution is -0.130. The van der Waals surface area contributed by atoms with Gasteiger partial charge in [-0.3, -0.25) is 4.79 Å². The number of carbonyl (C=O) groups is 1. The van der Waals surface area contributed by atoms with E-state index in [1.807, 2.05) is 0 Å². The summed E-state index contributed by atoms with van der Waals surface area (Å²) in [6.45, 7) is 2.84. The molecule has 1 aliphatic heterocycles. The lowest BCUT2D eigenvalue weighted by Crippen LogP contribution is -2.40. The minimum Gasteiger partial charge on any atom is -0.467 e. The van der Waals surface area contributed by atoms with Crippen LogP contribution in [0, 0.1) is 11.6 Å². The average molecular weight is 312 g/mol. The van der Waals surface area contributed by atoms with Crippen LogP contribution in [0.25, 0.3) is 10.2 Å². The van der Waals surface area contributed by atoms with Gasteiger partial charge in [0.1, 0.15) is 17.4 Å². The predicted molar refractivity (Wildman–Crippen MR) is 75.4 cm³/mol. The Kier molecular flexibility index (Phi) is 3.75. The molecule has 0 aliphatic carbocycles. The van der Waals surface area contributed by atoms with Gasteiger partial charge in [0, 0.05) is 38.9 Å². The number of likely N-dealkylation sites (tertiary alicyclic amines) is 1. The number of hydrogen-bond acceptors (Lipinski definition) is 4. The summed E-state index contributed by atoms with van der Waals surface area (Å²) in [5.74, 6) is -1.24. The van der Waals surface area contributed by atoms with E-state index in [0.717, 1.165) is 17.4 Å². The van der Waals surface area contributed by atoms with Crippen molar-refractivity contribution in [3.05, 3.63) is 23.8 Å². The minimum absolute atomic E-state index is 0.0472. The second kappa shape index (κ2) is 5.55. The Hall–Kier alpha value is -1.76. The normalized spacial score (nSPS) is 16.4. The molecule has 2 aromatic rings. The number of amides is 1. The molecule has 3 rings (SSSR count). The SMILES string of the molecule is CC(=O)N1CCC(Oc2nc3c(F)cc(F)cc3s2)CC1. The third-order valence-corrected chi connectivity index (χ3v) is 4.44. The lowest BCUT2D eigenvalue weighted by Gasteiger charge is -2.30. The van der Waals surface area contributed by atoms with Gasteiger partial charge in [0.25, 0.3) is 5.19 Å². The number of thiazole rings is 1. The zero-order valence-corrected chi connectivity index (χ0v) is 12.3. The highest BCUT2D eigenvalue weighted by atomic mass is 32.1. The maximum absolute atomic E-state index is 13.6. The Labute approximate surface area is 124 Å². The quantitative estimate of drug-likeness (QED) is 0.856. The highest BCUT2D eigenvalue weighted by molar-refractivity contribution is 7.20. The summed E-state index contributed by atoms with van der Waals surface area (Å²) in [4.78, 5) is 17.1. The van der Waals surface area contributed by atoms with Gasteiger partial charge in [-0.05, 0) is 6.07 Å². The minimum atomic E-state index is -0.678. The molecule has 0 atom stereocenters. The zero-order valence-electron chi connectivity index (χ0n) is 11.4. The second-order valence-corrected chi connectivity index (χ2v) is 6.03. The molecule has 0 saturated carbocycles.